The molecule has 0 unspecified atom stereocenters. The molecule has 26 heavy (non-hydrogen) atoms. The molecule has 6 heteroatoms. The molecular formula is C20H27N3O2S. The van der Waals surface area contributed by atoms with Crippen molar-refractivity contribution < 1.29 is 9.59 Å². The number of hydrogen-bond acceptors (Lipinski definition) is 4. The van der Waals surface area contributed by atoms with E-state index in [4.69, 9.17) is 0 Å². The van der Waals surface area contributed by atoms with Crippen LogP contribution >= 0.6 is 11.3 Å². The average Bonchev–Trinajstić information content (AvgIpc) is 3.13. The van der Waals surface area contributed by atoms with Gasteiger partial charge in [-0.2, -0.15) is 0 Å². The van der Waals surface area contributed by atoms with Gasteiger partial charge in [-0.25, -0.2) is 0 Å². The highest BCUT2D eigenvalue weighted by Gasteiger charge is 2.16. The largest absolute Gasteiger partial charge is 0.351 e. The molecule has 0 aliphatic heterocycles. The molecule has 2 N–H and O–H groups in total. The van der Waals surface area contributed by atoms with E-state index in [0.29, 0.717) is 34.8 Å². The number of nitrogens with one attached hydrogen (secondary N) is 2. The molecule has 5 nitrogen and oxygen atoms in total. The molecule has 2 aromatic rings. The zero-order valence-electron chi connectivity index (χ0n) is 15.8. The number of nitrogens with zero attached hydrogens (tertiary/aromatic N) is 1. The first-order chi connectivity index (χ1) is 12.4. The minimum atomic E-state index is -0.203. The van der Waals surface area contributed by atoms with Gasteiger partial charge >= 0.3 is 0 Å². The number of thiophene rings is 1. The third-order valence-electron chi connectivity index (χ3n) is 4.15. The van der Waals surface area contributed by atoms with Crippen LogP contribution in [0.1, 0.15) is 47.7 Å². The topological polar surface area (TPSA) is 61.4 Å². The fourth-order valence-corrected chi connectivity index (χ4v) is 3.51. The summed E-state index contributed by atoms with van der Waals surface area (Å²) in [5.74, 6) is -0.384. The van der Waals surface area contributed by atoms with Gasteiger partial charge in [0.25, 0.3) is 11.8 Å². The predicted molar refractivity (Wildman–Crippen MR) is 108 cm³/mol. The smallest absolute Gasteiger partial charge is 0.265 e. The maximum absolute atomic E-state index is 12.6. The minimum Gasteiger partial charge on any atom is -0.351 e. The van der Waals surface area contributed by atoms with Crippen molar-refractivity contribution in [3.05, 3.63) is 52.2 Å². The Balaban J connectivity index is 2.00. The molecular weight excluding hydrogens is 346 g/mol. The van der Waals surface area contributed by atoms with Crippen molar-refractivity contribution in [1.29, 1.82) is 0 Å². The van der Waals surface area contributed by atoms with Crippen LogP contribution in [0.5, 0.6) is 0 Å². The Morgan fingerprint density at radius 1 is 1.00 bits per heavy atom. The molecule has 0 saturated carbocycles. The Kier molecular flexibility index (Phi) is 7.36. The van der Waals surface area contributed by atoms with Crippen molar-refractivity contribution in [2.24, 2.45) is 0 Å². The Morgan fingerprint density at radius 2 is 1.69 bits per heavy atom. The van der Waals surface area contributed by atoms with Crippen LogP contribution < -0.4 is 10.6 Å². The summed E-state index contributed by atoms with van der Waals surface area (Å²) >= 11 is 1.37. The highest BCUT2D eigenvalue weighted by Crippen LogP contribution is 2.18. The fourth-order valence-electron chi connectivity index (χ4n) is 2.89. The molecule has 1 aromatic heterocycles. The minimum absolute atomic E-state index is 0.181. The number of amides is 2. The van der Waals surface area contributed by atoms with Crippen molar-refractivity contribution in [2.45, 2.75) is 39.8 Å². The van der Waals surface area contributed by atoms with E-state index >= 15 is 0 Å². The lowest BCUT2D eigenvalue weighted by molar-refractivity contribution is 0.0940. The maximum atomic E-state index is 12.6. The van der Waals surface area contributed by atoms with Gasteiger partial charge in [0.2, 0.25) is 0 Å². The predicted octanol–water partition coefficient (Wildman–Crippen LogP) is 3.85. The molecule has 0 aliphatic rings. The van der Waals surface area contributed by atoms with E-state index < -0.39 is 0 Å². The Labute approximate surface area is 159 Å². The zero-order chi connectivity index (χ0) is 19.1. The van der Waals surface area contributed by atoms with Crippen molar-refractivity contribution in [3.63, 3.8) is 0 Å². The van der Waals surface area contributed by atoms with Gasteiger partial charge in [0, 0.05) is 25.2 Å². The lowest BCUT2D eigenvalue weighted by Gasteiger charge is -2.30. The van der Waals surface area contributed by atoms with Crippen molar-refractivity contribution in [1.82, 2.24) is 10.2 Å². The van der Waals surface area contributed by atoms with Crippen LogP contribution in [-0.2, 0) is 0 Å². The molecule has 0 bridgehead atoms. The van der Waals surface area contributed by atoms with Gasteiger partial charge in [-0.1, -0.05) is 18.2 Å². The Morgan fingerprint density at radius 3 is 2.31 bits per heavy atom. The summed E-state index contributed by atoms with van der Waals surface area (Å²) in [5.41, 5.74) is 0.992. The van der Waals surface area contributed by atoms with Gasteiger partial charge in [-0.05, 0) is 51.3 Å². The molecule has 2 rings (SSSR count). The normalized spacial score (nSPS) is 11.2. The van der Waals surface area contributed by atoms with Crippen LogP contribution in [-0.4, -0.2) is 41.9 Å². The van der Waals surface area contributed by atoms with Gasteiger partial charge in [0.1, 0.15) is 0 Å². The molecule has 0 atom stereocenters. The molecule has 140 valence electrons. The highest BCUT2D eigenvalue weighted by atomic mass is 32.1. The third kappa shape index (κ3) is 5.41. The number of carbonyl (C=O) groups is 2. The van der Waals surface area contributed by atoms with E-state index in [1.807, 2.05) is 11.4 Å². The monoisotopic (exact) mass is 373 g/mol. The summed E-state index contributed by atoms with van der Waals surface area (Å²) in [7, 11) is 0. The van der Waals surface area contributed by atoms with E-state index in [-0.39, 0.29) is 11.8 Å². The third-order valence-corrected chi connectivity index (χ3v) is 5.02. The second-order valence-electron chi connectivity index (χ2n) is 6.66. The standard InChI is InChI=1S/C20H27N3O2S/c1-14(2)23(15(3)4)12-11-21-19(24)16-8-5-6-9-17(16)22-20(25)18-10-7-13-26-18/h5-10,13-15H,11-12H2,1-4H3,(H,21,24)(H,22,25). The summed E-state index contributed by atoms with van der Waals surface area (Å²) in [5, 5.41) is 7.64. The van der Waals surface area contributed by atoms with Crippen LogP contribution in [0.15, 0.2) is 41.8 Å². The van der Waals surface area contributed by atoms with E-state index in [2.05, 4.69) is 43.2 Å². The molecule has 0 radical (unpaired) electrons. The Bertz CT molecular complexity index is 718. The molecule has 1 aromatic carbocycles. The number of anilines is 1. The molecule has 0 aliphatic carbocycles. The van der Waals surface area contributed by atoms with E-state index in [0.717, 1.165) is 6.54 Å². The SMILES string of the molecule is CC(C)N(CCNC(=O)c1ccccc1NC(=O)c1cccs1)C(C)C. The van der Waals surface area contributed by atoms with Gasteiger partial charge < -0.3 is 10.6 Å². The van der Waals surface area contributed by atoms with Gasteiger partial charge in [0.05, 0.1) is 16.1 Å². The summed E-state index contributed by atoms with van der Waals surface area (Å²) < 4.78 is 0. The summed E-state index contributed by atoms with van der Waals surface area (Å²) in [6.07, 6.45) is 0. The fraction of sp³-hybridized carbons (Fsp3) is 0.400. The summed E-state index contributed by atoms with van der Waals surface area (Å²) in [4.78, 5) is 27.8. The van der Waals surface area contributed by atoms with Crippen molar-refractivity contribution in [3.8, 4) is 0 Å². The maximum Gasteiger partial charge on any atom is 0.265 e. The van der Waals surface area contributed by atoms with Gasteiger partial charge in [-0.15, -0.1) is 11.3 Å². The number of carbonyl (C=O) groups excluding carboxylic acids is 2. The summed E-state index contributed by atoms with van der Waals surface area (Å²) in [6, 6.07) is 11.5. The van der Waals surface area contributed by atoms with Crippen molar-refractivity contribution >= 4 is 28.8 Å². The van der Waals surface area contributed by atoms with Gasteiger partial charge in [-0.3, -0.25) is 14.5 Å². The zero-order valence-corrected chi connectivity index (χ0v) is 16.6. The molecule has 2 amide bonds. The summed E-state index contributed by atoms with van der Waals surface area (Å²) in [6.45, 7) is 9.94. The lowest BCUT2D eigenvalue weighted by atomic mass is 10.1. The van der Waals surface area contributed by atoms with Crippen LogP contribution in [0.2, 0.25) is 0 Å². The first-order valence-corrected chi connectivity index (χ1v) is 9.76. The lowest BCUT2D eigenvalue weighted by Crippen LogP contribution is -2.42. The second-order valence-corrected chi connectivity index (χ2v) is 7.61. The number of hydrogen-bond donors (Lipinski definition) is 2. The van der Waals surface area contributed by atoms with Crippen LogP contribution in [0.25, 0.3) is 0 Å². The molecule has 0 spiro atoms. The van der Waals surface area contributed by atoms with E-state index in [9.17, 15) is 9.59 Å². The molecule has 0 fully saturated rings. The van der Waals surface area contributed by atoms with E-state index in [1.165, 1.54) is 11.3 Å². The van der Waals surface area contributed by atoms with Crippen LogP contribution in [0, 0.1) is 0 Å². The quantitative estimate of drug-likeness (QED) is 0.739. The molecule has 1 heterocycles. The Hall–Kier alpha value is -2.18. The number of rotatable bonds is 8. The van der Waals surface area contributed by atoms with Gasteiger partial charge in [0.15, 0.2) is 0 Å². The average molecular weight is 374 g/mol. The number of benzene rings is 1. The van der Waals surface area contributed by atoms with Crippen LogP contribution in [0.3, 0.4) is 0 Å². The molecule has 0 saturated heterocycles. The second kappa shape index (κ2) is 9.50. The van der Waals surface area contributed by atoms with Crippen molar-refractivity contribution in [2.75, 3.05) is 18.4 Å². The number of para-hydroxylation sites is 1. The first-order valence-electron chi connectivity index (χ1n) is 8.88. The van der Waals surface area contributed by atoms with E-state index in [1.54, 1.807) is 30.3 Å². The van der Waals surface area contributed by atoms with Crippen LogP contribution in [0.4, 0.5) is 5.69 Å². The first kappa shape index (κ1) is 20.1. The highest BCUT2D eigenvalue weighted by molar-refractivity contribution is 7.12.